The second kappa shape index (κ2) is 8.20. The molecule has 7 heteroatoms. The number of para-hydroxylation sites is 1. The fourth-order valence-corrected chi connectivity index (χ4v) is 3.63. The lowest BCUT2D eigenvalue weighted by atomic mass is 9.97. The highest BCUT2D eigenvalue weighted by Crippen LogP contribution is 2.28. The van der Waals surface area contributed by atoms with Gasteiger partial charge in [0.1, 0.15) is 0 Å². The number of anilines is 1. The third-order valence-corrected chi connectivity index (χ3v) is 6.45. The number of benzene rings is 2. The molecule has 5 nitrogen and oxygen atoms in total. The lowest BCUT2D eigenvalue weighted by Crippen LogP contribution is -2.23. The number of hydrogen-bond acceptors (Lipinski definition) is 3. The van der Waals surface area contributed by atoms with Crippen LogP contribution >= 0.6 is 11.6 Å². The molecule has 1 amide bonds. The Morgan fingerprint density at radius 1 is 1.19 bits per heavy atom. The predicted octanol–water partition coefficient (Wildman–Crippen LogP) is 4.36. The van der Waals surface area contributed by atoms with Gasteiger partial charge in [0, 0.05) is 19.8 Å². The minimum atomic E-state index is -3.65. The molecule has 2 aromatic carbocycles. The van der Waals surface area contributed by atoms with Crippen LogP contribution in [0.25, 0.3) is 0 Å². The molecule has 0 saturated heterocycles. The van der Waals surface area contributed by atoms with E-state index in [1.165, 1.54) is 32.3 Å². The van der Waals surface area contributed by atoms with Gasteiger partial charge in [-0.3, -0.25) is 4.79 Å². The SMILES string of the molecule is CC[C@@H](C)c1ccccc1NC(=O)c1cc(S(=O)(=O)N(C)C)ccc1Cl. The Kier molecular flexibility index (Phi) is 6.44. The third-order valence-electron chi connectivity index (χ3n) is 4.31. The van der Waals surface area contributed by atoms with Crippen molar-refractivity contribution >= 4 is 33.2 Å². The van der Waals surface area contributed by atoms with E-state index in [1.807, 2.05) is 24.3 Å². The smallest absolute Gasteiger partial charge is 0.257 e. The lowest BCUT2D eigenvalue weighted by molar-refractivity contribution is 0.102. The summed E-state index contributed by atoms with van der Waals surface area (Å²) < 4.78 is 25.7. The molecule has 26 heavy (non-hydrogen) atoms. The van der Waals surface area contributed by atoms with Gasteiger partial charge in [0.15, 0.2) is 0 Å². The van der Waals surface area contributed by atoms with E-state index in [1.54, 1.807) is 0 Å². The van der Waals surface area contributed by atoms with Crippen LogP contribution in [-0.2, 0) is 10.0 Å². The van der Waals surface area contributed by atoms with Crippen LogP contribution in [0.5, 0.6) is 0 Å². The molecule has 2 rings (SSSR count). The summed E-state index contributed by atoms with van der Waals surface area (Å²) in [5.41, 5.74) is 1.84. The summed E-state index contributed by atoms with van der Waals surface area (Å²) in [6, 6.07) is 11.7. The van der Waals surface area contributed by atoms with E-state index < -0.39 is 15.9 Å². The van der Waals surface area contributed by atoms with E-state index in [-0.39, 0.29) is 21.4 Å². The number of carbonyl (C=O) groups is 1. The van der Waals surface area contributed by atoms with Crippen molar-refractivity contribution < 1.29 is 13.2 Å². The van der Waals surface area contributed by atoms with Gasteiger partial charge in [-0.25, -0.2) is 12.7 Å². The molecule has 0 aliphatic rings. The normalized spacial score (nSPS) is 12.8. The summed E-state index contributed by atoms with van der Waals surface area (Å²) in [6.07, 6.45) is 0.935. The Bertz CT molecular complexity index is 911. The molecular formula is C19H23ClN2O3S. The molecule has 0 unspecified atom stereocenters. The molecule has 2 aromatic rings. The Morgan fingerprint density at radius 2 is 1.85 bits per heavy atom. The van der Waals surface area contributed by atoms with Crippen LogP contribution < -0.4 is 5.32 Å². The maximum atomic E-state index is 12.7. The fraction of sp³-hybridized carbons (Fsp3) is 0.316. The molecule has 0 aliphatic carbocycles. The molecule has 0 saturated carbocycles. The van der Waals surface area contributed by atoms with Crippen LogP contribution in [0.4, 0.5) is 5.69 Å². The Morgan fingerprint density at radius 3 is 2.46 bits per heavy atom. The molecule has 0 bridgehead atoms. The molecule has 0 spiro atoms. The van der Waals surface area contributed by atoms with Crippen molar-refractivity contribution in [3.8, 4) is 0 Å². The van der Waals surface area contributed by atoms with Crippen LogP contribution in [0.15, 0.2) is 47.4 Å². The van der Waals surface area contributed by atoms with Crippen LogP contribution in [-0.4, -0.2) is 32.7 Å². The maximum Gasteiger partial charge on any atom is 0.257 e. The second-order valence-corrected chi connectivity index (χ2v) is 8.84. The van der Waals surface area contributed by atoms with E-state index in [0.717, 1.165) is 16.3 Å². The van der Waals surface area contributed by atoms with Gasteiger partial charge in [-0.1, -0.05) is 43.6 Å². The zero-order valence-corrected chi connectivity index (χ0v) is 16.9. The molecule has 1 N–H and O–H groups in total. The first-order valence-electron chi connectivity index (χ1n) is 8.30. The molecule has 0 radical (unpaired) electrons. The van der Waals surface area contributed by atoms with Gasteiger partial charge in [0.05, 0.1) is 15.5 Å². The average Bonchev–Trinajstić information content (AvgIpc) is 2.61. The summed E-state index contributed by atoms with van der Waals surface area (Å²) in [7, 11) is -0.780. The van der Waals surface area contributed by atoms with E-state index in [4.69, 9.17) is 11.6 Å². The monoisotopic (exact) mass is 394 g/mol. The first-order chi connectivity index (χ1) is 12.2. The second-order valence-electron chi connectivity index (χ2n) is 6.28. The summed E-state index contributed by atoms with van der Waals surface area (Å²) in [4.78, 5) is 12.8. The number of amides is 1. The van der Waals surface area contributed by atoms with E-state index in [2.05, 4.69) is 19.2 Å². The molecule has 0 aliphatic heterocycles. The summed E-state index contributed by atoms with van der Waals surface area (Å²) in [6.45, 7) is 4.16. The number of sulfonamides is 1. The van der Waals surface area contributed by atoms with E-state index in [0.29, 0.717) is 5.69 Å². The summed E-state index contributed by atoms with van der Waals surface area (Å²) >= 11 is 6.15. The van der Waals surface area contributed by atoms with Crippen LogP contribution in [0.1, 0.15) is 42.1 Å². The van der Waals surface area contributed by atoms with Gasteiger partial charge in [0.25, 0.3) is 5.91 Å². The Balaban J connectivity index is 2.40. The topological polar surface area (TPSA) is 66.5 Å². The van der Waals surface area contributed by atoms with Crippen LogP contribution in [0, 0.1) is 0 Å². The van der Waals surface area contributed by atoms with Crippen LogP contribution in [0.3, 0.4) is 0 Å². The van der Waals surface area contributed by atoms with Gasteiger partial charge in [-0.2, -0.15) is 0 Å². The first kappa shape index (κ1) is 20.4. The zero-order chi connectivity index (χ0) is 19.5. The maximum absolute atomic E-state index is 12.7. The first-order valence-corrected chi connectivity index (χ1v) is 10.1. The summed E-state index contributed by atoms with van der Waals surface area (Å²) in [5.74, 6) is -0.163. The Labute approximate surface area is 160 Å². The van der Waals surface area contributed by atoms with Gasteiger partial charge >= 0.3 is 0 Å². The number of nitrogens with one attached hydrogen (secondary N) is 1. The molecular weight excluding hydrogens is 372 g/mol. The Hall–Kier alpha value is -1.89. The highest BCUT2D eigenvalue weighted by Gasteiger charge is 2.21. The largest absolute Gasteiger partial charge is 0.322 e. The highest BCUT2D eigenvalue weighted by atomic mass is 35.5. The molecule has 1 atom stereocenters. The van der Waals surface area contributed by atoms with E-state index in [9.17, 15) is 13.2 Å². The quantitative estimate of drug-likeness (QED) is 0.791. The van der Waals surface area contributed by atoms with E-state index >= 15 is 0 Å². The standard InChI is InChI=1S/C19H23ClN2O3S/c1-5-13(2)15-8-6-7-9-18(15)21-19(23)16-12-14(10-11-17(16)20)26(24,25)22(3)4/h6-13H,5H2,1-4H3,(H,21,23)/t13-/m1/s1. The minimum absolute atomic E-state index is 0.0206. The number of halogens is 1. The van der Waals surface area contributed by atoms with Gasteiger partial charge < -0.3 is 5.32 Å². The summed E-state index contributed by atoms with van der Waals surface area (Å²) in [5, 5.41) is 3.05. The molecule has 0 fully saturated rings. The number of carbonyl (C=O) groups excluding carboxylic acids is 1. The average molecular weight is 395 g/mol. The van der Waals surface area contributed by atoms with Crippen molar-refractivity contribution in [2.75, 3.05) is 19.4 Å². The van der Waals surface area contributed by atoms with Gasteiger partial charge in [-0.15, -0.1) is 0 Å². The van der Waals surface area contributed by atoms with Crippen molar-refractivity contribution in [1.82, 2.24) is 4.31 Å². The van der Waals surface area contributed by atoms with Crippen molar-refractivity contribution in [2.45, 2.75) is 31.1 Å². The van der Waals surface area contributed by atoms with Crippen molar-refractivity contribution in [3.05, 3.63) is 58.6 Å². The molecule has 0 aromatic heterocycles. The molecule has 140 valence electrons. The minimum Gasteiger partial charge on any atom is -0.322 e. The predicted molar refractivity (Wildman–Crippen MR) is 105 cm³/mol. The highest BCUT2D eigenvalue weighted by molar-refractivity contribution is 7.89. The number of nitrogens with zero attached hydrogens (tertiary/aromatic N) is 1. The van der Waals surface area contributed by atoms with Crippen molar-refractivity contribution in [2.24, 2.45) is 0 Å². The van der Waals surface area contributed by atoms with Gasteiger partial charge in [-0.05, 0) is 42.2 Å². The zero-order valence-electron chi connectivity index (χ0n) is 15.3. The number of hydrogen-bond donors (Lipinski definition) is 1. The van der Waals surface area contributed by atoms with Crippen LogP contribution in [0.2, 0.25) is 5.02 Å². The molecule has 0 heterocycles. The fourth-order valence-electron chi connectivity index (χ4n) is 2.50. The number of rotatable bonds is 6. The van der Waals surface area contributed by atoms with Crippen molar-refractivity contribution in [1.29, 1.82) is 0 Å². The lowest BCUT2D eigenvalue weighted by Gasteiger charge is -2.17. The third kappa shape index (κ3) is 4.26. The van der Waals surface area contributed by atoms with Crippen molar-refractivity contribution in [3.63, 3.8) is 0 Å². The van der Waals surface area contributed by atoms with Gasteiger partial charge in [0.2, 0.25) is 10.0 Å².